The smallest absolute Gasteiger partial charge is 0.137 e. The fraction of sp³-hybridized carbons (Fsp3) is 0.600. The molecule has 0 aliphatic rings. The van der Waals surface area contributed by atoms with E-state index in [9.17, 15) is 0 Å². The van der Waals surface area contributed by atoms with Gasteiger partial charge in [0.05, 0.1) is 6.67 Å². The summed E-state index contributed by atoms with van der Waals surface area (Å²) in [6.07, 6.45) is 3.23. The van der Waals surface area contributed by atoms with E-state index in [1.54, 1.807) is 11.0 Å². The minimum absolute atomic E-state index is 0. The monoisotopic (exact) mass is 177 g/mol. The first kappa shape index (κ1) is 9.68. The van der Waals surface area contributed by atoms with Gasteiger partial charge in [0, 0.05) is 18.6 Å². The molecule has 0 fully saturated rings. The van der Waals surface area contributed by atoms with E-state index in [1.807, 2.05) is 19.0 Å². The second-order valence-electron chi connectivity index (χ2n) is 2.16. The van der Waals surface area contributed by atoms with E-state index < -0.39 is 0 Å². The molecular formula is C5H10N4V. The summed E-state index contributed by atoms with van der Waals surface area (Å²) in [5.41, 5.74) is 0. The summed E-state index contributed by atoms with van der Waals surface area (Å²) in [5, 5.41) is 3.92. The van der Waals surface area contributed by atoms with Crippen LogP contribution in [-0.2, 0) is 25.2 Å². The van der Waals surface area contributed by atoms with Gasteiger partial charge in [0.25, 0.3) is 0 Å². The van der Waals surface area contributed by atoms with Crippen molar-refractivity contribution in [1.82, 2.24) is 19.7 Å². The van der Waals surface area contributed by atoms with Gasteiger partial charge in [0.15, 0.2) is 0 Å². The van der Waals surface area contributed by atoms with Crippen LogP contribution in [0.25, 0.3) is 0 Å². The quantitative estimate of drug-likeness (QED) is 0.627. The van der Waals surface area contributed by atoms with Gasteiger partial charge < -0.3 is 0 Å². The fourth-order valence-electron chi connectivity index (χ4n) is 0.596. The SMILES string of the molecule is CN(C)Cn1cncn1.[V]. The van der Waals surface area contributed by atoms with Gasteiger partial charge in [-0.05, 0) is 14.1 Å². The Kier molecular flexibility index (Phi) is 4.35. The zero-order valence-corrected chi connectivity index (χ0v) is 7.49. The van der Waals surface area contributed by atoms with Crippen LogP contribution >= 0.6 is 0 Å². The van der Waals surface area contributed by atoms with Gasteiger partial charge in [-0.1, -0.05) is 0 Å². The van der Waals surface area contributed by atoms with E-state index in [1.165, 1.54) is 6.33 Å². The Morgan fingerprint density at radius 3 is 2.60 bits per heavy atom. The second kappa shape index (κ2) is 4.49. The first-order valence-corrected chi connectivity index (χ1v) is 2.76. The average Bonchev–Trinajstić information content (AvgIpc) is 2.15. The molecule has 1 heterocycles. The van der Waals surface area contributed by atoms with Crippen LogP contribution in [-0.4, -0.2) is 33.8 Å². The molecule has 1 radical (unpaired) electrons. The molecular weight excluding hydrogens is 167 g/mol. The predicted molar refractivity (Wildman–Crippen MR) is 33.7 cm³/mol. The van der Waals surface area contributed by atoms with Gasteiger partial charge in [-0.15, -0.1) is 0 Å². The van der Waals surface area contributed by atoms with Gasteiger partial charge >= 0.3 is 0 Å². The molecule has 10 heavy (non-hydrogen) atoms. The zero-order valence-electron chi connectivity index (χ0n) is 6.10. The number of hydrogen-bond acceptors (Lipinski definition) is 3. The molecule has 4 nitrogen and oxygen atoms in total. The Hall–Kier alpha value is -0.316. The van der Waals surface area contributed by atoms with E-state index in [4.69, 9.17) is 0 Å². The van der Waals surface area contributed by atoms with Crippen LogP contribution in [0.15, 0.2) is 12.7 Å². The normalized spacial score (nSPS) is 9.50. The van der Waals surface area contributed by atoms with Crippen molar-refractivity contribution in [3.05, 3.63) is 12.7 Å². The Bertz CT molecular complexity index is 160. The van der Waals surface area contributed by atoms with Crippen molar-refractivity contribution in [2.24, 2.45) is 0 Å². The minimum Gasteiger partial charge on any atom is -0.291 e. The van der Waals surface area contributed by atoms with Crippen LogP contribution in [0.2, 0.25) is 0 Å². The van der Waals surface area contributed by atoms with Crippen LogP contribution in [0.3, 0.4) is 0 Å². The second-order valence-corrected chi connectivity index (χ2v) is 2.16. The van der Waals surface area contributed by atoms with Crippen molar-refractivity contribution in [2.75, 3.05) is 14.1 Å². The van der Waals surface area contributed by atoms with E-state index >= 15 is 0 Å². The van der Waals surface area contributed by atoms with Gasteiger partial charge in [-0.3, -0.25) is 4.90 Å². The molecule has 0 atom stereocenters. The summed E-state index contributed by atoms with van der Waals surface area (Å²) in [5.74, 6) is 0. The first-order valence-electron chi connectivity index (χ1n) is 2.76. The number of hydrogen-bond donors (Lipinski definition) is 0. The van der Waals surface area contributed by atoms with Gasteiger partial charge in [0.1, 0.15) is 12.7 Å². The average molecular weight is 177 g/mol. The molecule has 1 aromatic rings. The third-order valence-electron chi connectivity index (χ3n) is 0.894. The Morgan fingerprint density at radius 1 is 1.50 bits per heavy atom. The molecule has 55 valence electrons. The first-order chi connectivity index (χ1) is 4.29. The topological polar surface area (TPSA) is 34.0 Å². The van der Waals surface area contributed by atoms with Crippen molar-refractivity contribution in [3.63, 3.8) is 0 Å². The van der Waals surface area contributed by atoms with E-state index in [0.29, 0.717) is 0 Å². The molecule has 0 saturated heterocycles. The summed E-state index contributed by atoms with van der Waals surface area (Å²) in [7, 11) is 3.98. The van der Waals surface area contributed by atoms with Crippen LogP contribution in [0.5, 0.6) is 0 Å². The number of rotatable bonds is 2. The zero-order chi connectivity index (χ0) is 6.69. The van der Waals surface area contributed by atoms with Crippen LogP contribution in [0, 0.1) is 0 Å². The van der Waals surface area contributed by atoms with Gasteiger partial charge in [0.2, 0.25) is 0 Å². The maximum Gasteiger partial charge on any atom is 0.137 e. The molecule has 0 unspecified atom stereocenters. The molecule has 5 heteroatoms. The minimum atomic E-state index is 0. The maximum atomic E-state index is 3.92. The largest absolute Gasteiger partial charge is 0.291 e. The third kappa shape index (κ3) is 3.01. The number of nitrogens with zero attached hydrogens (tertiary/aromatic N) is 4. The summed E-state index contributed by atoms with van der Waals surface area (Å²) in [6.45, 7) is 0.792. The molecule has 0 saturated carbocycles. The molecule has 0 spiro atoms. The summed E-state index contributed by atoms with van der Waals surface area (Å²) in [4.78, 5) is 5.82. The molecule has 0 bridgehead atoms. The Balaban J connectivity index is 0.000000810. The standard InChI is InChI=1S/C5H10N4.V/c1-8(2)5-9-4-6-3-7-9;/h3-4H,5H2,1-2H3;. The van der Waals surface area contributed by atoms with Crippen molar-refractivity contribution in [1.29, 1.82) is 0 Å². The fourth-order valence-corrected chi connectivity index (χ4v) is 0.596. The molecule has 0 aromatic carbocycles. The molecule has 1 aromatic heterocycles. The van der Waals surface area contributed by atoms with E-state index in [2.05, 4.69) is 10.1 Å². The molecule has 0 aliphatic heterocycles. The van der Waals surface area contributed by atoms with Crippen LogP contribution in [0.1, 0.15) is 0 Å². The Labute approximate surface area is 72.1 Å². The maximum absolute atomic E-state index is 3.92. The van der Waals surface area contributed by atoms with Crippen LogP contribution < -0.4 is 0 Å². The molecule has 1 rings (SSSR count). The predicted octanol–water partition coefficient (Wildman–Crippen LogP) is -0.205. The van der Waals surface area contributed by atoms with Crippen molar-refractivity contribution >= 4 is 0 Å². The van der Waals surface area contributed by atoms with Crippen molar-refractivity contribution in [3.8, 4) is 0 Å². The molecule has 0 aliphatic carbocycles. The van der Waals surface area contributed by atoms with E-state index in [-0.39, 0.29) is 18.6 Å². The number of aromatic nitrogens is 3. The van der Waals surface area contributed by atoms with Crippen molar-refractivity contribution in [2.45, 2.75) is 6.67 Å². The Morgan fingerprint density at radius 2 is 2.20 bits per heavy atom. The van der Waals surface area contributed by atoms with Gasteiger partial charge in [-0.25, -0.2) is 9.67 Å². The summed E-state index contributed by atoms with van der Waals surface area (Å²) >= 11 is 0. The van der Waals surface area contributed by atoms with E-state index in [0.717, 1.165) is 6.67 Å². The molecule has 0 N–H and O–H groups in total. The van der Waals surface area contributed by atoms with Crippen LogP contribution in [0.4, 0.5) is 0 Å². The van der Waals surface area contributed by atoms with Gasteiger partial charge in [-0.2, -0.15) is 5.10 Å². The van der Waals surface area contributed by atoms with Crippen molar-refractivity contribution < 1.29 is 18.6 Å². The summed E-state index contributed by atoms with van der Waals surface area (Å²) < 4.78 is 1.76. The summed E-state index contributed by atoms with van der Waals surface area (Å²) in [6, 6.07) is 0. The molecule has 0 amide bonds. The third-order valence-corrected chi connectivity index (χ3v) is 0.894.